The zero-order valence-electron chi connectivity index (χ0n) is 10.7. The number of carbonyl (C=O) groups is 2. The van der Waals surface area contributed by atoms with Crippen LogP contribution in [0.5, 0.6) is 0 Å². The Morgan fingerprint density at radius 2 is 1.94 bits per heavy atom. The van der Waals surface area contributed by atoms with Crippen molar-refractivity contribution in [1.29, 1.82) is 0 Å². The summed E-state index contributed by atoms with van der Waals surface area (Å²) in [6.45, 7) is 10.5. The molecule has 0 fully saturated rings. The molecule has 0 rings (SSSR count). The first kappa shape index (κ1) is 15.4. The number of carbonyl (C=O) groups excluding carboxylic acids is 2. The monoisotopic (exact) mass is 244 g/mol. The van der Waals surface area contributed by atoms with Crippen molar-refractivity contribution in [2.24, 2.45) is 0 Å². The van der Waals surface area contributed by atoms with Gasteiger partial charge in [-0.1, -0.05) is 5.57 Å². The molecule has 3 N–H and O–H groups in total. The van der Waals surface area contributed by atoms with E-state index >= 15 is 0 Å². The van der Waals surface area contributed by atoms with E-state index in [0.29, 0.717) is 5.57 Å². The zero-order chi connectivity index (χ0) is 13.6. The normalized spacial score (nSPS) is 12.5. The van der Waals surface area contributed by atoms with Gasteiger partial charge in [-0.25, -0.2) is 10.3 Å². The Morgan fingerprint density at radius 3 is 2.29 bits per heavy atom. The predicted molar refractivity (Wildman–Crippen MR) is 62.5 cm³/mol. The van der Waals surface area contributed by atoms with Crippen molar-refractivity contribution in [3.8, 4) is 0 Å². The van der Waals surface area contributed by atoms with Gasteiger partial charge in [-0.15, -0.1) is 6.58 Å². The summed E-state index contributed by atoms with van der Waals surface area (Å²) in [5, 5.41) is 10.9. The molecule has 0 aromatic rings. The number of hydroxylamine groups is 1. The maximum atomic E-state index is 11.4. The van der Waals surface area contributed by atoms with E-state index < -0.39 is 23.6 Å². The number of hydrogen-bond donors (Lipinski definition) is 3. The van der Waals surface area contributed by atoms with E-state index in [0.717, 1.165) is 0 Å². The van der Waals surface area contributed by atoms with Crippen molar-refractivity contribution in [2.75, 3.05) is 0 Å². The number of nitrogens with one attached hydrogen (secondary N) is 2. The van der Waals surface area contributed by atoms with E-state index in [1.807, 2.05) is 0 Å². The van der Waals surface area contributed by atoms with E-state index in [1.54, 1.807) is 27.7 Å². The molecule has 0 aromatic heterocycles. The molecule has 0 bridgehead atoms. The quantitative estimate of drug-likeness (QED) is 0.396. The Morgan fingerprint density at radius 1 is 1.41 bits per heavy atom. The van der Waals surface area contributed by atoms with Gasteiger partial charge in [-0.05, 0) is 34.1 Å². The summed E-state index contributed by atoms with van der Waals surface area (Å²) >= 11 is 0. The second kappa shape index (κ2) is 6.24. The van der Waals surface area contributed by atoms with E-state index in [9.17, 15) is 9.59 Å². The van der Waals surface area contributed by atoms with Crippen LogP contribution in [0.3, 0.4) is 0 Å². The molecular formula is C11H20N2O4. The lowest BCUT2D eigenvalue weighted by atomic mass is 10.1. The third-order valence-corrected chi connectivity index (χ3v) is 1.67. The molecule has 17 heavy (non-hydrogen) atoms. The molecule has 6 heteroatoms. The van der Waals surface area contributed by atoms with Gasteiger partial charge in [-0.2, -0.15) is 0 Å². The zero-order valence-corrected chi connectivity index (χ0v) is 10.7. The minimum absolute atomic E-state index is 0.228. The molecule has 1 atom stereocenters. The van der Waals surface area contributed by atoms with Gasteiger partial charge in [0.05, 0.1) is 0 Å². The molecule has 0 aliphatic carbocycles. The fourth-order valence-electron chi connectivity index (χ4n) is 1.09. The van der Waals surface area contributed by atoms with E-state index in [2.05, 4.69) is 11.9 Å². The third kappa shape index (κ3) is 7.35. The maximum absolute atomic E-state index is 11.4. The van der Waals surface area contributed by atoms with Gasteiger partial charge in [0.15, 0.2) is 0 Å². The molecule has 0 heterocycles. The lowest BCUT2D eigenvalue weighted by molar-refractivity contribution is -0.131. The van der Waals surface area contributed by atoms with Crippen LogP contribution in [0.2, 0.25) is 0 Å². The molecular weight excluding hydrogens is 224 g/mol. The van der Waals surface area contributed by atoms with Crippen LogP contribution in [-0.4, -0.2) is 28.9 Å². The number of hydrogen-bond acceptors (Lipinski definition) is 4. The van der Waals surface area contributed by atoms with Crippen molar-refractivity contribution in [1.82, 2.24) is 10.8 Å². The van der Waals surface area contributed by atoms with Crippen LogP contribution < -0.4 is 10.8 Å². The van der Waals surface area contributed by atoms with Crippen LogP contribution in [0.1, 0.15) is 34.1 Å². The molecule has 0 aliphatic rings. The summed E-state index contributed by atoms with van der Waals surface area (Å²) in [5.74, 6) is -0.709. The number of ether oxygens (including phenoxy) is 1. The van der Waals surface area contributed by atoms with Crippen LogP contribution in [-0.2, 0) is 9.53 Å². The predicted octanol–water partition coefficient (Wildman–Crippen LogP) is 1.35. The Balaban J connectivity index is 4.48. The van der Waals surface area contributed by atoms with Gasteiger partial charge in [0.1, 0.15) is 11.6 Å². The first-order chi connectivity index (χ1) is 7.65. The molecule has 0 radical (unpaired) electrons. The number of rotatable bonds is 4. The molecule has 98 valence electrons. The lowest BCUT2D eigenvalue weighted by Gasteiger charge is -2.22. The summed E-state index contributed by atoms with van der Waals surface area (Å²) in [7, 11) is 0. The van der Waals surface area contributed by atoms with Crippen LogP contribution in [0.25, 0.3) is 0 Å². The van der Waals surface area contributed by atoms with Crippen molar-refractivity contribution < 1.29 is 19.5 Å². The van der Waals surface area contributed by atoms with Gasteiger partial charge in [-0.3, -0.25) is 10.0 Å². The molecule has 0 aliphatic heterocycles. The van der Waals surface area contributed by atoms with Crippen molar-refractivity contribution in [3.63, 3.8) is 0 Å². The Bertz CT molecular complexity index is 307. The summed E-state index contributed by atoms with van der Waals surface area (Å²) in [6.07, 6.45) is -0.488. The minimum atomic E-state index is -0.896. The van der Waals surface area contributed by atoms with E-state index in [-0.39, 0.29) is 6.42 Å². The largest absolute Gasteiger partial charge is 0.444 e. The van der Waals surface area contributed by atoms with Crippen LogP contribution >= 0.6 is 0 Å². The number of amides is 2. The van der Waals surface area contributed by atoms with E-state index in [4.69, 9.17) is 9.94 Å². The highest BCUT2D eigenvalue weighted by atomic mass is 16.6. The second-order valence-electron chi connectivity index (χ2n) is 4.84. The fourth-order valence-corrected chi connectivity index (χ4v) is 1.09. The summed E-state index contributed by atoms with van der Waals surface area (Å²) in [6, 6.07) is -0.896. The van der Waals surface area contributed by atoms with E-state index in [1.165, 1.54) is 5.48 Å². The van der Waals surface area contributed by atoms with Crippen molar-refractivity contribution >= 4 is 12.0 Å². The average Bonchev–Trinajstić information content (AvgIpc) is 2.11. The van der Waals surface area contributed by atoms with Crippen LogP contribution in [0.4, 0.5) is 4.79 Å². The first-order valence-electron chi connectivity index (χ1n) is 5.23. The third-order valence-electron chi connectivity index (χ3n) is 1.67. The molecule has 0 spiro atoms. The van der Waals surface area contributed by atoms with Gasteiger partial charge < -0.3 is 10.1 Å². The van der Waals surface area contributed by atoms with Crippen molar-refractivity contribution in [3.05, 3.63) is 12.2 Å². The summed E-state index contributed by atoms with van der Waals surface area (Å²) in [5.41, 5.74) is 1.55. The molecule has 6 nitrogen and oxygen atoms in total. The number of alkyl carbamates (subject to hydrolysis) is 1. The lowest BCUT2D eigenvalue weighted by Crippen LogP contribution is -2.47. The average molecular weight is 244 g/mol. The standard InChI is InChI=1S/C11H20N2O4/c1-7(2)6-8(9(14)13-16)12-10(15)17-11(3,4)5/h8,16H,1,6H2,2-5H3,(H,12,15)(H,13,14). The Kier molecular flexibility index (Phi) is 5.67. The van der Waals surface area contributed by atoms with Gasteiger partial charge in [0.25, 0.3) is 5.91 Å². The molecule has 1 unspecified atom stereocenters. The second-order valence-corrected chi connectivity index (χ2v) is 4.84. The SMILES string of the molecule is C=C(C)CC(NC(=O)OC(C)(C)C)C(=O)NO. The fraction of sp³-hybridized carbons (Fsp3) is 0.636. The Labute approximate surface area is 101 Å². The highest BCUT2D eigenvalue weighted by Crippen LogP contribution is 2.08. The first-order valence-corrected chi connectivity index (χ1v) is 5.23. The summed E-state index contributed by atoms with van der Waals surface area (Å²) < 4.78 is 5.00. The van der Waals surface area contributed by atoms with Gasteiger partial charge in [0, 0.05) is 0 Å². The molecule has 0 saturated heterocycles. The maximum Gasteiger partial charge on any atom is 0.408 e. The van der Waals surface area contributed by atoms with Gasteiger partial charge in [0.2, 0.25) is 0 Å². The van der Waals surface area contributed by atoms with Crippen molar-refractivity contribution in [2.45, 2.75) is 45.8 Å². The van der Waals surface area contributed by atoms with Gasteiger partial charge >= 0.3 is 6.09 Å². The Hall–Kier alpha value is -1.56. The topological polar surface area (TPSA) is 87.7 Å². The van der Waals surface area contributed by atoms with Crippen LogP contribution in [0.15, 0.2) is 12.2 Å². The summed E-state index contributed by atoms with van der Waals surface area (Å²) in [4.78, 5) is 22.7. The highest BCUT2D eigenvalue weighted by Gasteiger charge is 2.23. The highest BCUT2D eigenvalue weighted by molar-refractivity contribution is 5.85. The van der Waals surface area contributed by atoms with Crippen LogP contribution in [0, 0.1) is 0 Å². The molecule has 0 saturated carbocycles. The molecule has 0 aromatic carbocycles. The minimum Gasteiger partial charge on any atom is -0.444 e. The molecule has 2 amide bonds. The smallest absolute Gasteiger partial charge is 0.408 e.